The number of methoxy groups -OCH3 is 1. The molecule has 3 aromatic rings. The molecule has 1 aliphatic rings. The quantitative estimate of drug-likeness (QED) is 0.297. The maximum Gasteiger partial charge on any atom is 0.416 e. The Hall–Kier alpha value is -5.17. The highest BCUT2D eigenvalue weighted by molar-refractivity contribution is 5.98. The third-order valence-corrected chi connectivity index (χ3v) is 5.53. The number of nitrogen functional groups attached to an aromatic ring is 2. The van der Waals surface area contributed by atoms with E-state index >= 15 is 0 Å². The van der Waals surface area contributed by atoms with E-state index in [1.54, 1.807) is 24.4 Å². The van der Waals surface area contributed by atoms with Gasteiger partial charge in [0, 0.05) is 11.1 Å². The number of guanidine groups is 1. The van der Waals surface area contributed by atoms with E-state index in [1.807, 2.05) is 6.07 Å². The molecule has 1 atom stereocenters. The Balaban J connectivity index is 1.74. The summed E-state index contributed by atoms with van der Waals surface area (Å²) in [6.45, 7) is -0.123. The average Bonchev–Trinajstić information content (AvgIpc) is 2.87. The third-order valence-electron chi connectivity index (χ3n) is 5.53. The molecule has 2 heterocycles. The average molecular weight is 508 g/mol. The lowest BCUT2D eigenvalue weighted by Gasteiger charge is -2.26. The molecule has 4 rings (SSSR count). The van der Waals surface area contributed by atoms with Gasteiger partial charge in [0.05, 0.1) is 18.4 Å². The number of alkyl halides is 3. The number of nitriles is 2. The van der Waals surface area contributed by atoms with Crippen molar-refractivity contribution in [2.45, 2.75) is 18.8 Å². The van der Waals surface area contributed by atoms with Crippen LogP contribution in [0.3, 0.4) is 0 Å². The van der Waals surface area contributed by atoms with E-state index in [2.05, 4.69) is 20.6 Å². The smallest absolute Gasteiger partial charge is 0.416 e. The van der Waals surface area contributed by atoms with Gasteiger partial charge in [0.15, 0.2) is 6.19 Å². The second kappa shape index (κ2) is 9.83. The highest BCUT2D eigenvalue weighted by Crippen LogP contribution is 2.41. The molecular weight excluding hydrogens is 489 g/mol. The van der Waals surface area contributed by atoms with Crippen LogP contribution in [0.15, 0.2) is 47.5 Å². The largest absolute Gasteiger partial charge is 0.496 e. The molecule has 37 heavy (non-hydrogen) atoms. The van der Waals surface area contributed by atoms with Crippen LogP contribution in [-0.4, -0.2) is 18.1 Å². The summed E-state index contributed by atoms with van der Waals surface area (Å²) in [6, 6.07) is 10.7. The number of hydrogen-bond donors (Lipinski definition) is 4. The molecule has 0 bridgehead atoms. The minimum absolute atomic E-state index is 0.0148. The van der Waals surface area contributed by atoms with Crippen LogP contribution in [0.1, 0.15) is 33.9 Å². The van der Waals surface area contributed by atoms with Gasteiger partial charge in [0.2, 0.25) is 5.96 Å². The lowest BCUT2D eigenvalue weighted by molar-refractivity contribution is -0.137. The van der Waals surface area contributed by atoms with Gasteiger partial charge in [-0.1, -0.05) is 12.1 Å². The minimum atomic E-state index is -4.51. The first-order valence-electron chi connectivity index (χ1n) is 10.6. The van der Waals surface area contributed by atoms with Crippen LogP contribution in [0.25, 0.3) is 0 Å². The zero-order valence-corrected chi connectivity index (χ0v) is 19.2. The van der Waals surface area contributed by atoms with Crippen LogP contribution in [0.5, 0.6) is 11.5 Å². The molecule has 188 valence electrons. The molecule has 6 N–H and O–H groups in total. The summed E-state index contributed by atoms with van der Waals surface area (Å²) in [7, 11) is 1.44. The number of nitrogens with two attached hydrogens (primary N) is 2. The van der Waals surface area contributed by atoms with Crippen LogP contribution in [0, 0.1) is 22.8 Å². The highest BCUT2D eigenvalue weighted by Gasteiger charge is 2.31. The minimum Gasteiger partial charge on any atom is -0.496 e. The molecule has 1 aliphatic heterocycles. The number of nitrogens with zero attached hydrogens (tertiary/aromatic N) is 4. The van der Waals surface area contributed by atoms with Crippen molar-refractivity contribution in [2.24, 2.45) is 4.99 Å². The van der Waals surface area contributed by atoms with Crippen LogP contribution >= 0.6 is 0 Å². The Kier molecular flexibility index (Phi) is 6.63. The Morgan fingerprint density at radius 1 is 1.16 bits per heavy atom. The van der Waals surface area contributed by atoms with Gasteiger partial charge in [-0.25, -0.2) is 9.98 Å². The topological polar surface area (TPSA) is 167 Å². The van der Waals surface area contributed by atoms with Crippen molar-refractivity contribution in [3.8, 4) is 23.8 Å². The summed E-state index contributed by atoms with van der Waals surface area (Å²) in [5.41, 5.74) is 12.8. The van der Waals surface area contributed by atoms with Gasteiger partial charge in [-0.2, -0.15) is 23.7 Å². The SMILES string of the molecule is COc1ccc(C2N=C(NC#N)Nc3nc(N)c(C#N)c(N)c32)cc1COc1cccc(C(F)(F)F)c1. The molecule has 0 radical (unpaired) electrons. The standard InChI is InChI=1S/C24H19F3N8O2/c1-36-17-6-5-12(7-13(17)10-37-15-4-2-3-14(8-15)24(25,26)27)20-18-19(30)16(9-28)21(31)34-22(18)35-23(33-20)32-11-29/h2-8,20H,10H2,1H3,(H6,30,31,32,33,34,35). The Bertz CT molecular complexity index is 1470. The fourth-order valence-corrected chi connectivity index (χ4v) is 3.83. The number of pyridine rings is 1. The van der Waals surface area contributed by atoms with E-state index in [4.69, 9.17) is 26.2 Å². The number of hydrogen-bond acceptors (Lipinski definition) is 10. The normalized spacial score (nSPS) is 14.3. The number of ether oxygens (including phenoxy) is 2. The lowest BCUT2D eigenvalue weighted by Crippen LogP contribution is -2.32. The number of nitrogens with one attached hydrogen (secondary N) is 2. The Morgan fingerprint density at radius 2 is 1.95 bits per heavy atom. The summed E-state index contributed by atoms with van der Waals surface area (Å²) in [5.74, 6) is 0.645. The zero-order chi connectivity index (χ0) is 26.7. The lowest BCUT2D eigenvalue weighted by atomic mass is 9.94. The second-order valence-electron chi connectivity index (χ2n) is 7.79. The van der Waals surface area contributed by atoms with Crippen molar-refractivity contribution in [3.05, 3.63) is 70.3 Å². The number of benzene rings is 2. The zero-order valence-electron chi connectivity index (χ0n) is 19.2. The van der Waals surface area contributed by atoms with Gasteiger partial charge < -0.3 is 26.3 Å². The summed E-state index contributed by atoms with van der Waals surface area (Å²) >= 11 is 0. The third kappa shape index (κ3) is 4.97. The van der Waals surface area contributed by atoms with Crippen LogP contribution < -0.4 is 31.6 Å². The van der Waals surface area contributed by atoms with E-state index in [9.17, 15) is 18.4 Å². The summed E-state index contributed by atoms with van der Waals surface area (Å²) in [4.78, 5) is 8.70. The molecule has 0 spiro atoms. The monoisotopic (exact) mass is 508 g/mol. The van der Waals surface area contributed by atoms with E-state index in [-0.39, 0.29) is 41.2 Å². The fraction of sp³-hybridized carbons (Fsp3) is 0.167. The number of halogens is 3. The Morgan fingerprint density at radius 3 is 2.62 bits per heavy atom. The van der Waals surface area contributed by atoms with Crippen molar-refractivity contribution in [1.82, 2.24) is 10.3 Å². The van der Waals surface area contributed by atoms with Crippen molar-refractivity contribution in [1.29, 1.82) is 10.5 Å². The van der Waals surface area contributed by atoms with E-state index < -0.39 is 17.8 Å². The number of anilines is 3. The highest BCUT2D eigenvalue weighted by atomic mass is 19.4. The van der Waals surface area contributed by atoms with E-state index in [1.165, 1.54) is 19.2 Å². The van der Waals surface area contributed by atoms with Gasteiger partial charge in [-0.15, -0.1) is 0 Å². The fourth-order valence-electron chi connectivity index (χ4n) is 3.83. The van der Waals surface area contributed by atoms with Crippen molar-refractivity contribution in [2.75, 3.05) is 23.9 Å². The molecule has 1 aromatic heterocycles. The van der Waals surface area contributed by atoms with Gasteiger partial charge in [0.1, 0.15) is 47.4 Å². The molecule has 10 nitrogen and oxygen atoms in total. The summed E-state index contributed by atoms with van der Waals surface area (Å²) in [6.07, 6.45) is -2.74. The predicted molar refractivity (Wildman–Crippen MR) is 128 cm³/mol. The van der Waals surface area contributed by atoms with Crippen LogP contribution in [0.2, 0.25) is 0 Å². The van der Waals surface area contributed by atoms with Crippen molar-refractivity contribution < 1.29 is 22.6 Å². The van der Waals surface area contributed by atoms with E-state index in [0.29, 0.717) is 22.4 Å². The molecule has 0 fully saturated rings. The molecule has 0 aliphatic carbocycles. The summed E-state index contributed by atoms with van der Waals surface area (Å²) < 4.78 is 50.2. The molecule has 13 heteroatoms. The van der Waals surface area contributed by atoms with Gasteiger partial charge in [-0.3, -0.25) is 5.32 Å². The number of aliphatic imine (C=N–C) groups is 1. The first-order chi connectivity index (χ1) is 17.7. The molecule has 2 aromatic carbocycles. The number of fused-ring (bicyclic) bond motifs is 1. The number of rotatable bonds is 5. The second-order valence-corrected chi connectivity index (χ2v) is 7.79. The van der Waals surface area contributed by atoms with Gasteiger partial charge >= 0.3 is 6.18 Å². The van der Waals surface area contributed by atoms with Crippen molar-refractivity contribution >= 4 is 23.3 Å². The molecule has 1 unspecified atom stereocenters. The molecule has 0 saturated heterocycles. The Labute approximate surface area is 208 Å². The molecule has 0 saturated carbocycles. The predicted octanol–water partition coefficient (Wildman–Crippen LogP) is 3.67. The summed E-state index contributed by atoms with van der Waals surface area (Å²) in [5, 5.41) is 23.8. The molecule has 0 amide bonds. The van der Waals surface area contributed by atoms with E-state index in [0.717, 1.165) is 12.1 Å². The van der Waals surface area contributed by atoms with Crippen molar-refractivity contribution in [3.63, 3.8) is 0 Å². The van der Waals surface area contributed by atoms with Crippen LogP contribution in [0.4, 0.5) is 30.5 Å². The maximum absolute atomic E-state index is 13.1. The van der Waals surface area contributed by atoms with Gasteiger partial charge in [0.25, 0.3) is 0 Å². The molecular formula is C24H19F3N8O2. The number of aromatic nitrogens is 1. The first-order valence-corrected chi connectivity index (χ1v) is 10.6. The van der Waals surface area contributed by atoms with Crippen LogP contribution in [-0.2, 0) is 12.8 Å². The van der Waals surface area contributed by atoms with Gasteiger partial charge in [-0.05, 0) is 35.9 Å². The first kappa shape index (κ1) is 24.9. The maximum atomic E-state index is 13.1.